The normalized spacial score (nSPS) is 12.0. The van der Waals surface area contributed by atoms with Crippen LogP contribution in [0.15, 0.2) is 12.2 Å². The Balaban J connectivity index is 4.24. The van der Waals surface area contributed by atoms with Gasteiger partial charge in [-0.25, -0.2) is 0 Å². The molecule has 0 aliphatic rings. The van der Waals surface area contributed by atoms with Gasteiger partial charge in [-0.1, -0.05) is 174 Å². The molecule has 1 atom stereocenters. The SMILES string of the molecule is CCCCCCCCC/C=C\CCCCCCCC(=O)OCC(COC(=O)CCCCCCCCC)OC(=O)CCCCCCCCCC. The van der Waals surface area contributed by atoms with Gasteiger partial charge >= 0.3 is 17.9 Å². The first-order valence-electron chi connectivity index (χ1n) is 21.2. The highest BCUT2D eigenvalue weighted by Crippen LogP contribution is 2.14. The van der Waals surface area contributed by atoms with Crippen LogP contribution >= 0.6 is 0 Å². The lowest BCUT2D eigenvalue weighted by atomic mass is 10.1. The Kier molecular flexibility index (Phi) is 37.5. The van der Waals surface area contributed by atoms with E-state index < -0.39 is 6.10 Å². The molecular weight excluding hydrogens is 612 g/mol. The summed E-state index contributed by atoms with van der Waals surface area (Å²) in [4.78, 5) is 37.4. The lowest BCUT2D eigenvalue weighted by Crippen LogP contribution is -2.30. The maximum absolute atomic E-state index is 12.6. The molecule has 0 bridgehead atoms. The molecule has 49 heavy (non-hydrogen) atoms. The number of hydrogen-bond donors (Lipinski definition) is 0. The van der Waals surface area contributed by atoms with E-state index in [0.717, 1.165) is 64.2 Å². The monoisotopic (exact) mass is 693 g/mol. The molecule has 0 saturated heterocycles. The smallest absolute Gasteiger partial charge is 0.306 e. The van der Waals surface area contributed by atoms with Crippen molar-refractivity contribution in [3.8, 4) is 0 Å². The summed E-state index contributed by atoms with van der Waals surface area (Å²) in [6.45, 7) is 6.55. The van der Waals surface area contributed by atoms with Crippen LogP contribution < -0.4 is 0 Å². The van der Waals surface area contributed by atoms with Crippen LogP contribution in [0.2, 0.25) is 0 Å². The summed E-state index contributed by atoms with van der Waals surface area (Å²) in [6.07, 6.45) is 39.2. The van der Waals surface area contributed by atoms with Gasteiger partial charge in [-0.15, -0.1) is 0 Å². The summed E-state index contributed by atoms with van der Waals surface area (Å²) in [5.74, 6) is -0.887. The predicted molar refractivity (Wildman–Crippen MR) is 206 cm³/mol. The Labute approximate surface area is 303 Å². The fraction of sp³-hybridized carbons (Fsp3) is 0.884. The fourth-order valence-electron chi connectivity index (χ4n) is 6.02. The third-order valence-electron chi connectivity index (χ3n) is 9.27. The summed E-state index contributed by atoms with van der Waals surface area (Å²) in [6, 6.07) is 0. The molecule has 0 aromatic rings. The van der Waals surface area contributed by atoms with Gasteiger partial charge in [0.25, 0.3) is 0 Å². The lowest BCUT2D eigenvalue weighted by molar-refractivity contribution is -0.167. The molecule has 288 valence electrons. The zero-order valence-electron chi connectivity index (χ0n) is 32.7. The van der Waals surface area contributed by atoms with Gasteiger partial charge in [0.2, 0.25) is 0 Å². The Morgan fingerprint density at radius 3 is 1.02 bits per heavy atom. The van der Waals surface area contributed by atoms with Crippen LogP contribution in [0.5, 0.6) is 0 Å². The minimum absolute atomic E-state index is 0.0702. The van der Waals surface area contributed by atoms with Crippen molar-refractivity contribution in [2.45, 2.75) is 232 Å². The molecule has 6 heteroatoms. The van der Waals surface area contributed by atoms with Crippen molar-refractivity contribution in [3.63, 3.8) is 0 Å². The van der Waals surface area contributed by atoms with Gasteiger partial charge in [-0.05, 0) is 44.9 Å². The van der Waals surface area contributed by atoms with Gasteiger partial charge < -0.3 is 14.2 Å². The summed E-state index contributed by atoms with van der Waals surface area (Å²) in [5, 5.41) is 0. The quantitative estimate of drug-likeness (QED) is 0.0277. The highest BCUT2D eigenvalue weighted by Gasteiger charge is 2.19. The molecule has 0 heterocycles. The molecule has 6 nitrogen and oxygen atoms in total. The molecule has 0 saturated carbocycles. The second kappa shape index (κ2) is 38.9. The van der Waals surface area contributed by atoms with E-state index in [4.69, 9.17) is 14.2 Å². The van der Waals surface area contributed by atoms with Crippen molar-refractivity contribution in [2.24, 2.45) is 0 Å². The first kappa shape index (κ1) is 47.1. The first-order valence-corrected chi connectivity index (χ1v) is 21.2. The molecule has 0 spiro atoms. The Hall–Kier alpha value is -1.85. The first-order chi connectivity index (χ1) is 24.0. The molecule has 0 aliphatic carbocycles. The number of unbranched alkanes of at least 4 members (excludes halogenated alkanes) is 25. The third-order valence-corrected chi connectivity index (χ3v) is 9.27. The van der Waals surface area contributed by atoms with E-state index in [2.05, 4.69) is 32.9 Å². The minimum atomic E-state index is -0.762. The van der Waals surface area contributed by atoms with Crippen molar-refractivity contribution >= 4 is 17.9 Å². The van der Waals surface area contributed by atoms with Gasteiger partial charge in [-0.3, -0.25) is 14.4 Å². The molecule has 0 aromatic carbocycles. The van der Waals surface area contributed by atoms with Gasteiger partial charge in [0.15, 0.2) is 6.10 Å². The molecule has 0 aromatic heterocycles. The molecule has 0 aliphatic heterocycles. The zero-order chi connectivity index (χ0) is 35.9. The van der Waals surface area contributed by atoms with Gasteiger partial charge in [0.1, 0.15) is 13.2 Å². The van der Waals surface area contributed by atoms with Gasteiger partial charge in [0, 0.05) is 19.3 Å². The molecule has 0 N–H and O–H groups in total. The average Bonchev–Trinajstić information content (AvgIpc) is 3.10. The number of carbonyl (C=O) groups excluding carboxylic acids is 3. The summed E-state index contributed by atoms with van der Waals surface area (Å²) >= 11 is 0. The highest BCUT2D eigenvalue weighted by molar-refractivity contribution is 5.71. The van der Waals surface area contributed by atoms with E-state index in [1.165, 1.54) is 122 Å². The van der Waals surface area contributed by atoms with E-state index >= 15 is 0 Å². The number of ether oxygens (including phenoxy) is 3. The van der Waals surface area contributed by atoms with E-state index in [1.807, 2.05) is 0 Å². The van der Waals surface area contributed by atoms with Crippen molar-refractivity contribution < 1.29 is 28.6 Å². The molecule has 0 fully saturated rings. The van der Waals surface area contributed by atoms with Crippen molar-refractivity contribution in [1.82, 2.24) is 0 Å². The highest BCUT2D eigenvalue weighted by atomic mass is 16.6. The summed E-state index contributed by atoms with van der Waals surface area (Å²) in [5.41, 5.74) is 0. The Morgan fingerprint density at radius 1 is 0.388 bits per heavy atom. The lowest BCUT2D eigenvalue weighted by Gasteiger charge is -2.18. The van der Waals surface area contributed by atoms with E-state index in [-0.39, 0.29) is 31.1 Å². The number of hydrogen-bond acceptors (Lipinski definition) is 6. The van der Waals surface area contributed by atoms with E-state index in [9.17, 15) is 14.4 Å². The summed E-state index contributed by atoms with van der Waals surface area (Å²) in [7, 11) is 0. The Bertz CT molecular complexity index is 763. The fourth-order valence-corrected chi connectivity index (χ4v) is 6.02. The van der Waals surface area contributed by atoms with Gasteiger partial charge in [0.05, 0.1) is 0 Å². The zero-order valence-corrected chi connectivity index (χ0v) is 32.7. The van der Waals surface area contributed by atoms with Crippen LogP contribution in [0.3, 0.4) is 0 Å². The van der Waals surface area contributed by atoms with Gasteiger partial charge in [-0.2, -0.15) is 0 Å². The second-order valence-electron chi connectivity index (χ2n) is 14.3. The van der Waals surface area contributed by atoms with Crippen LogP contribution in [-0.2, 0) is 28.6 Å². The Morgan fingerprint density at radius 2 is 0.673 bits per heavy atom. The number of allylic oxidation sites excluding steroid dienone is 2. The minimum Gasteiger partial charge on any atom is -0.462 e. The summed E-state index contributed by atoms with van der Waals surface area (Å²) < 4.78 is 16.6. The van der Waals surface area contributed by atoms with E-state index in [1.54, 1.807) is 0 Å². The largest absolute Gasteiger partial charge is 0.462 e. The van der Waals surface area contributed by atoms with Crippen molar-refractivity contribution in [1.29, 1.82) is 0 Å². The topological polar surface area (TPSA) is 78.9 Å². The van der Waals surface area contributed by atoms with Crippen molar-refractivity contribution in [3.05, 3.63) is 12.2 Å². The van der Waals surface area contributed by atoms with Crippen LogP contribution in [0.25, 0.3) is 0 Å². The molecular formula is C43H80O6. The maximum atomic E-state index is 12.6. The van der Waals surface area contributed by atoms with E-state index in [0.29, 0.717) is 19.3 Å². The van der Waals surface area contributed by atoms with Crippen LogP contribution in [-0.4, -0.2) is 37.2 Å². The molecule has 0 radical (unpaired) electrons. The molecule has 0 amide bonds. The number of carbonyl (C=O) groups is 3. The molecule has 1 unspecified atom stereocenters. The third kappa shape index (κ3) is 37.2. The maximum Gasteiger partial charge on any atom is 0.306 e. The number of rotatable bonds is 38. The number of esters is 3. The average molecular weight is 693 g/mol. The second-order valence-corrected chi connectivity index (χ2v) is 14.3. The van der Waals surface area contributed by atoms with Crippen LogP contribution in [0.4, 0.5) is 0 Å². The predicted octanol–water partition coefficient (Wildman–Crippen LogP) is 13.1. The standard InChI is InChI=1S/C43H80O6/c1-4-7-10-13-16-18-19-20-21-22-23-24-25-28-30-33-36-42(45)48-39-40(38-47-41(44)35-32-29-26-15-12-9-6-3)49-43(46)37-34-31-27-17-14-11-8-5-2/h21-22,40H,4-20,23-39H2,1-3H3/b22-21-. The van der Waals surface area contributed by atoms with Crippen LogP contribution in [0.1, 0.15) is 226 Å². The van der Waals surface area contributed by atoms with Crippen LogP contribution in [0, 0.1) is 0 Å². The molecule has 0 rings (SSSR count). The van der Waals surface area contributed by atoms with Crippen molar-refractivity contribution in [2.75, 3.05) is 13.2 Å².